The summed E-state index contributed by atoms with van der Waals surface area (Å²) in [5.41, 5.74) is 2.49. The van der Waals surface area contributed by atoms with Crippen LogP contribution in [0.3, 0.4) is 0 Å². The number of hydrogen-bond acceptors (Lipinski definition) is 2. The summed E-state index contributed by atoms with van der Waals surface area (Å²) in [6, 6.07) is 18.5. The molecule has 2 rings (SSSR count). The van der Waals surface area contributed by atoms with Crippen molar-refractivity contribution in [3.63, 3.8) is 0 Å². The Morgan fingerprint density at radius 3 is 2.32 bits per heavy atom. The average molecular weight is 313 g/mol. The van der Waals surface area contributed by atoms with E-state index in [9.17, 15) is 4.79 Å². The molecule has 0 heterocycles. The zero-order valence-electron chi connectivity index (χ0n) is 13.4. The molecule has 0 bridgehead atoms. The quantitative estimate of drug-likeness (QED) is 0.801. The van der Waals surface area contributed by atoms with Crippen LogP contribution in [0.1, 0.15) is 30.9 Å². The third-order valence-corrected chi connectivity index (χ3v) is 4.77. The highest BCUT2D eigenvalue weighted by atomic mass is 32.2. The molecule has 0 fully saturated rings. The summed E-state index contributed by atoms with van der Waals surface area (Å²) in [6.45, 7) is 6.82. The van der Waals surface area contributed by atoms with Gasteiger partial charge in [-0.3, -0.25) is 4.79 Å². The number of amides is 1. The zero-order valence-corrected chi connectivity index (χ0v) is 14.2. The van der Waals surface area contributed by atoms with E-state index in [4.69, 9.17) is 0 Å². The third kappa shape index (κ3) is 4.92. The van der Waals surface area contributed by atoms with Gasteiger partial charge in [-0.25, -0.2) is 0 Å². The normalized spacial score (nSPS) is 13.4. The molecule has 1 N–H and O–H groups in total. The summed E-state index contributed by atoms with van der Waals surface area (Å²) in [7, 11) is 0. The predicted octanol–water partition coefficient (Wildman–Crippen LogP) is 4.40. The Kier molecular flexibility index (Phi) is 6.08. The minimum Gasteiger partial charge on any atom is -0.355 e. The minimum atomic E-state index is -0.0920. The summed E-state index contributed by atoms with van der Waals surface area (Å²) in [5, 5.41) is 2.96. The Bertz CT molecular complexity index is 595. The highest BCUT2D eigenvalue weighted by molar-refractivity contribution is 8.00. The maximum absolute atomic E-state index is 12.2. The highest BCUT2D eigenvalue weighted by Gasteiger charge is 2.15. The van der Waals surface area contributed by atoms with Gasteiger partial charge in [0.2, 0.25) is 5.91 Å². The molecule has 2 nitrogen and oxygen atoms in total. The van der Waals surface area contributed by atoms with Crippen LogP contribution in [0.5, 0.6) is 0 Å². The summed E-state index contributed by atoms with van der Waals surface area (Å²) in [4.78, 5) is 13.3. The van der Waals surface area contributed by atoms with Crippen LogP contribution in [0.4, 0.5) is 0 Å². The van der Waals surface area contributed by atoms with Gasteiger partial charge >= 0.3 is 0 Å². The van der Waals surface area contributed by atoms with Crippen molar-refractivity contribution in [1.82, 2.24) is 5.32 Å². The van der Waals surface area contributed by atoms with Crippen molar-refractivity contribution in [1.29, 1.82) is 0 Å². The van der Waals surface area contributed by atoms with Crippen molar-refractivity contribution in [2.45, 2.75) is 36.8 Å². The number of aryl methyl sites for hydroxylation is 1. The molecule has 0 spiro atoms. The summed E-state index contributed by atoms with van der Waals surface area (Å²) >= 11 is 1.60. The van der Waals surface area contributed by atoms with E-state index in [1.807, 2.05) is 25.1 Å². The van der Waals surface area contributed by atoms with E-state index in [1.54, 1.807) is 11.8 Å². The molecule has 2 aromatic rings. The standard InChI is InChI=1S/C19H23NOS/c1-14-9-11-18(12-10-14)22-16(3)19(21)20-13-15(2)17-7-5-4-6-8-17/h4-12,15-16H,13H2,1-3H3,(H,20,21)/t15-,16+/m0/s1. The van der Waals surface area contributed by atoms with Gasteiger partial charge in [-0.2, -0.15) is 0 Å². The van der Waals surface area contributed by atoms with E-state index in [0.717, 1.165) is 4.90 Å². The predicted molar refractivity (Wildman–Crippen MR) is 94.4 cm³/mol. The van der Waals surface area contributed by atoms with Crippen molar-refractivity contribution in [2.24, 2.45) is 0 Å². The number of carbonyl (C=O) groups excluding carboxylic acids is 1. The maximum Gasteiger partial charge on any atom is 0.233 e. The second-order valence-corrected chi connectivity index (χ2v) is 7.04. The second kappa shape index (κ2) is 8.04. The number of carbonyl (C=O) groups is 1. The van der Waals surface area contributed by atoms with Gasteiger partial charge in [-0.05, 0) is 37.5 Å². The zero-order chi connectivity index (χ0) is 15.9. The van der Waals surface area contributed by atoms with Gasteiger partial charge in [0, 0.05) is 11.4 Å². The molecule has 2 atom stereocenters. The molecule has 0 radical (unpaired) electrons. The third-order valence-electron chi connectivity index (χ3n) is 3.65. The highest BCUT2D eigenvalue weighted by Crippen LogP contribution is 2.23. The lowest BCUT2D eigenvalue weighted by Gasteiger charge is -2.16. The first-order valence-corrected chi connectivity index (χ1v) is 8.50. The molecular weight excluding hydrogens is 290 g/mol. The number of rotatable bonds is 6. The Hall–Kier alpha value is -1.74. The second-order valence-electron chi connectivity index (χ2n) is 5.63. The first kappa shape index (κ1) is 16.6. The van der Waals surface area contributed by atoms with Gasteiger partial charge in [0.1, 0.15) is 0 Å². The Morgan fingerprint density at radius 1 is 1.05 bits per heavy atom. The Balaban J connectivity index is 1.82. The van der Waals surface area contributed by atoms with Crippen molar-refractivity contribution in [3.8, 4) is 0 Å². The van der Waals surface area contributed by atoms with Crippen LogP contribution < -0.4 is 5.32 Å². The number of benzene rings is 2. The van der Waals surface area contributed by atoms with E-state index >= 15 is 0 Å². The Labute approximate surface area is 137 Å². The monoisotopic (exact) mass is 313 g/mol. The minimum absolute atomic E-state index is 0.0911. The molecule has 0 aliphatic rings. The molecule has 0 aliphatic carbocycles. The molecule has 0 aliphatic heterocycles. The van der Waals surface area contributed by atoms with Gasteiger partial charge in [0.05, 0.1) is 5.25 Å². The lowest BCUT2D eigenvalue weighted by molar-refractivity contribution is -0.120. The van der Waals surface area contributed by atoms with E-state index in [1.165, 1.54) is 11.1 Å². The van der Waals surface area contributed by atoms with E-state index < -0.39 is 0 Å². The Morgan fingerprint density at radius 2 is 1.68 bits per heavy atom. The smallest absolute Gasteiger partial charge is 0.233 e. The van der Waals surface area contributed by atoms with Crippen molar-refractivity contribution in [3.05, 3.63) is 65.7 Å². The van der Waals surface area contributed by atoms with Crippen molar-refractivity contribution >= 4 is 17.7 Å². The molecular formula is C19H23NOS. The molecule has 0 saturated heterocycles. The van der Waals surface area contributed by atoms with Crippen LogP contribution in [0.2, 0.25) is 0 Å². The molecule has 116 valence electrons. The van der Waals surface area contributed by atoms with Gasteiger partial charge in [-0.1, -0.05) is 55.0 Å². The molecule has 2 aromatic carbocycles. The van der Waals surface area contributed by atoms with E-state index in [-0.39, 0.29) is 11.2 Å². The molecule has 1 amide bonds. The van der Waals surface area contributed by atoms with Crippen LogP contribution in [-0.4, -0.2) is 17.7 Å². The van der Waals surface area contributed by atoms with Gasteiger partial charge < -0.3 is 5.32 Å². The largest absolute Gasteiger partial charge is 0.355 e. The van der Waals surface area contributed by atoms with Crippen LogP contribution in [0.25, 0.3) is 0 Å². The maximum atomic E-state index is 12.2. The fraction of sp³-hybridized carbons (Fsp3) is 0.316. The lowest BCUT2D eigenvalue weighted by atomic mass is 10.0. The summed E-state index contributed by atoms with van der Waals surface area (Å²) in [5.74, 6) is 0.412. The fourth-order valence-electron chi connectivity index (χ4n) is 2.17. The van der Waals surface area contributed by atoms with Gasteiger partial charge in [0.15, 0.2) is 0 Å². The topological polar surface area (TPSA) is 29.1 Å². The number of thioether (sulfide) groups is 1. The average Bonchev–Trinajstić information content (AvgIpc) is 2.55. The van der Waals surface area contributed by atoms with Gasteiger partial charge in [0.25, 0.3) is 0 Å². The van der Waals surface area contributed by atoms with Crippen LogP contribution in [0, 0.1) is 6.92 Å². The molecule has 22 heavy (non-hydrogen) atoms. The summed E-state index contributed by atoms with van der Waals surface area (Å²) < 4.78 is 0. The number of nitrogens with one attached hydrogen (secondary N) is 1. The lowest BCUT2D eigenvalue weighted by Crippen LogP contribution is -2.33. The first-order valence-electron chi connectivity index (χ1n) is 7.62. The molecule has 3 heteroatoms. The number of hydrogen-bond donors (Lipinski definition) is 1. The first-order chi connectivity index (χ1) is 10.6. The van der Waals surface area contributed by atoms with Crippen molar-refractivity contribution < 1.29 is 4.79 Å². The van der Waals surface area contributed by atoms with E-state index in [2.05, 4.69) is 55.6 Å². The van der Waals surface area contributed by atoms with Crippen LogP contribution in [0.15, 0.2) is 59.5 Å². The molecule has 0 aromatic heterocycles. The SMILES string of the molecule is Cc1ccc(S[C@H](C)C(=O)NC[C@H](C)c2ccccc2)cc1. The summed E-state index contributed by atoms with van der Waals surface area (Å²) in [6.07, 6.45) is 0. The molecule has 0 saturated carbocycles. The van der Waals surface area contributed by atoms with Crippen LogP contribution in [-0.2, 0) is 4.79 Å². The van der Waals surface area contributed by atoms with Crippen molar-refractivity contribution in [2.75, 3.05) is 6.54 Å². The fourth-order valence-corrected chi connectivity index (χ4v) is 3.06. The van der Waals surface area contributed by atoms with Crippen LogP contribution >= 0.6 is 11.8 Å². The van der Waals surface area contributed by atoms with Gasteiger partial charge in [-0.15, -0.1) is 11.8 Å². The van der Waals surface area contributed by atoms with E-state index in [0.29, 0.717) is 12.5 Å². The molecule has 0 unspecified atom stereocenters.